The first-order chi connectivity index (χ1) is 15.2. The van der Waals surface area contributed by atoms with Crippen LogP contribution in [0.5, 0.6) is 11.5 Å². The zero-order chi connectivity index (χ0) is 21.2. The molecule has 5 nitrogen and oxygen atoms in total. The van der Waals surface area contributed by atoms with Gasteiger partial charge in [-0.05, 0) is 42.8 Å². The lowest BCUT2D eigenvalue weighted by atomic mass is 9.87. The molecule has 2 aliphatic heterocycles. The van der Waals surface area contributed by atoms with E-state index in [1.54, 1.807) is 0 Å². The second kappa shape index (κ2) is 8.16. The van der Waals surface area contributed by atoms with Crippen molar-refractivity contribution in [2.75, 3.05) is 31.1 Å². The van der Waals surface area contributed by atoms with E-state index in [0.29, 0.717) is 12.1 Å². The summed E-state index contributed by atoms with van der Waals surface area (Å²) in [5, 5.41) is 9.03. The molecule has 2 aliphatic rings. The highest BCUT2D eigenvalue weighted by atomic mass is 16.5. The number of hydrogen-bond acceptors (Lipinski definition) is 4. The summed E-state index contributed by atoms with van der Waals surface area (Å²) < 4.78 is 6.06. The normalized spacial score (nSPS) is 15.8. The maximum absolute atomic E-state index is 13.8. The van der Waals surface area contributed by atoms with Gasteiger partial charge in [-0.25, -0.2) is 0 Å². The maximum atomic E-state index is 13.8. The lowest BCUT2D eigenvalue weighted by molar-refractivity contribution is -0.131. The molecule has 1 saturated heterocycles. The van der Waals surface area contributed by atoms with Gasteiger partial charge in [0, 0.05) is 43.0 Å². The zero-order valence-corrected chi connectivity index (χ0v) is 17.2. The van der Waals surface area contributed by atoms with Gasteiger partial charge in [0.15, 0.2) is 0 Å². The number of hydrogen-bond donors (Lipinski definition) is 0. The van der Waals surface area contributed by atoms with Crippen molar-refractivity contribution in [3.63, 3.8) is 0 Å². The minimum absolute atomic E-state index is 0.130. The summed E-state index contributed by atoms with van der Waals surface area (Å²) in [7, 11) is 0. The van der Waals surface area contributed by atoms with Crippen molar-refractivity contribution < 1.29 is 9.53 Å². The van der Waals surface area contributed by atoms with Gasteiger partial charge in [0.05, 0.1) is 17.6 Å². The highest BCUT2D eigenvalue weighted by Gasteiger charge is 2.35. The van der Waals surface area contributed by atoms with Crippen molar-refractivity contribution in [2.45, 2.75) is 12.3 Å². The SMILES string of the molecule is N#Cc1ccc(N2CCCN(C(=O)C3c4ccccc4Oc4ccccc43)CC2)cc1. The minimum atomic E-state index is -0.345. The van der Waals surface area contributed by atoms with Crippen molar-refractivity contribution in [1.29, 1.82) is 5.26 Å². The Balaban J connectivity index is 1.39. The number of carbonyl (C=O) groups excluding carboxylic acids is 1. The average molecular weight is 409 g/mol. The Labute approximate surface area is 182 Å². The standard InChI is InChI=1S/C26H23N3O2/c27-18-19-10-12-20(13-11-19)28-14-5-15-29(17-16-28)26(30)25-21-6-1-3-8-23(21)31-24-9-4-2-7-22(24)25/h1-4,6-13,25H,5,14-17H2. The second-order valence-corrected chi connectivity index (χ2v) is 7.94. The summed E-state index contributed by atoms with van der Waals surface area (Å²) in [6.45, 7) is 3.05. The van der Waals surface area contributed by atoms with Gasteiger partial charge >= 0.3 is 0 Å². The molecule has 1 amide bonds. The molecule has 0 spiro atoms. The van der Waals surface area contributed by atoms with Crippen molar-refractivity contribution >= 4 is 11.6 Å². The fourth-order valence-corrected chi connectivity index (χ4v) is 4.50. The fourth-order valence-electron chi connectivity index (χ4n) is 4.50. The van der Waals surface area contributed by atoms with Crippen LogP contribution >= 0.6 is 0 Å². The van der Waals surface area contributed by atoms with Gasteiger partial charge in [-0.3, -0.25) is 4.79 Å². The maximum Gasteiger partial charge on any atom is 0.234 e. The summed E-state index contributed by atoms with van der Waals surface area (Å²) in [6.07, 6.45) is 0.901. The number of anilines is 1. The molecular weight excluding hydrogens is 386 g/mol. The van der Waals surface area contributed by atoms with Crippen LogP contribution in [0.4, 0.5) is 5.69 Å². The number of benzene rings is 3. The first-order valence-corrected chi connectivity index (χ1v) is 10.6. The van der Waals surface area contributed by atoms with Gasteiger partial charge in [-0.1, -0.05) is 36.4 Å². The molecule has 31 heavy (non-hydrogen) atoms. The van der Waals surface area contributed by atoms with E-state index in [1.165, 1.54) is 0 Å². The Bertz CT molecular complexity index is 1100. The molecule has 0 radical (unpaired) electrons. The molecule has 3 aromatic rings. The van der Waals surface area contributed by atoms with Gasteiger partial charge in [0.25, 0.3) is 0 Å². The van der Waals surface area contributed by atoms with Crippen molar-refractivity contribution in [2.24, 2.45) is 0 Å². The van der Waals surface area contributed by atoms with Crippen molar-refractivity contribution in [3.8, 4) is 17.6 Å². The monoisotopic (exact) mass is 409 g/mol. The number of amides is 1. The topological polar surface area (TPSA) is 56.6 Å². The fraction of sp³-hybridized carbons (Fsp3) is 0.231. The van der Waals surface area contributed by atoms with Gasteiger partial charge in [0.1, 0.15) is 11.5 Å². The molecule has 154 valence electrons. The zero-order valence-electron chi connectivity index (χ0n) is 17.2. The predicted octanol–water partition coefficient (Wildman–Crippen LogP) is 4.53. The van der Waals surface area contributed by atoms with E-state index in [4.69, 9.17) is 10.00 Å². The molecule has 2 heterocycles. The Hall–Kier alpha value is -3.78. The molecule has 3 aromatic carbocycles. The largest absolute Gasteiger partial charge is 0.457 e. The van der Waals surface area contributed by atoms with E-state index in [2.05, 4.69) is 11.0 Å². The van der Waals surface area contributed by atoms with Crippen LogP contribution in [0.1, 0.15) is 29.0 Å². The van der Waals surface area contributed by atoms with Crippen LogP contribution in [-0.4, -0.2) is 37.0 Å². The van der Waals surface area contributed by atoms with Crippen LogP contribution in [-0.2, 0) is 4.79 Å². The van der Waals surface area contributed by atoms with E-state index >= 15 is 0 Å². The molecule has 0 aliphatic carbocycles. The van der Waals surface area contributed by atoms with Crippen molar-refractivity contribution in [1.82, 2.24) is 4.90 Å². The lowest BCUT2D eigenvalue weighted by Crippen LogP contribution is -2.39. The molecular formula is C26H23N3O2. The molecule has 0 saturated carbocycles. The van der Waals surface area contributed by atoms with Gasteiger partial charge in [-0.2, -0.15) is 5.26 Å². The van der Waals surface area contributed by atoms with Crippen LogP contribution in [0, 0.1) is 11.3 Å². The molecule has 0 N–H and O–H groups in total. The summed E-state index contributed by atoms with van der Waals surface area (Å²) in [5.41, 5.74) is 3.61. The number of carbonyl (C=O) groups is 1. The first-order valence-electron chi connectivity index (χ1n) is 10.6. The molecule has 0 bridgehead atoms. The smallest absolute Gasteiger partial charge is 0.234 e. The number of para-hydroxylation sites is 2. The third-order valence-corrected chi connectivity index (χ3v) is 6.10. The van der Waals surface area contributed by atoms with Gasteiger partial charge in [0.2, 0.25) is 5.91 Å². The predicted molar refractivity (Wildman–Crippen MR) is 119 cm³/mol. The van der Waals surface area contributed by atoms with Gasteiger partial charge < -0.3 is 14.5 Å². The second-order valence-electron chi connectivity index (χ2n) is 7.94. The van der Waals surface area contributed by atoms with Crippen LogP contribution in [0.15, 0.2) is 72.8 Å². The molecule has 5 rings (SSSR count). The Kier molecular flexibility index (Phi) is 5.05. The molecule has 0 aromatic heterocycles. The third-order valence-electron chi connectivity index (χ3n) is 6.10. The number of fused-ring (bicyclic) bond motifs is 2. The van der Waals surface area contributed by atoms with Crippen LogP contribution in [0.3, 0.4) is 0 Å². The Morgan fingerprint density at radius 2 is 1.48 bits per heavy atom. The highest BCUT2D eigenvalue weighted by Crippen LogP contribution is 2.44. The molecule has 0 unspecified atom stereocenters. The quantitative estimate of drug-likeness (QED) is 0.624. The van der Waals surface area contributed by atoms with E-state index in [1.807, 2.05) is 77.7 Å². The van der Waals surface area contributed by atoms with Gasteiger partial charge in [-0.15, -0.1) is 0 Å². The van der Waals surface area contributed by atoms with Crippen LogP contribution in [0.2, 0.25) is 0 Å². The number of nitrogens with zero attached hydrogens (tertiary/aromatic N) is 3. The number of nitriles is 1. The lowest BCUT2D eigenvalue weighted by Gasteiger charge is -2.31. The van der Waals surface area contributed by atoms with Crippen LogP contribution < -0.4 is 9.64 Å². The molecule has 1 fully saturated rings. The first kappa shape index (κ1) is 19.2. The van der Waals surface area contributed by atoms with Crippen molar-refractivity contribution in [3.05, 3.63) is 89.5 Å². The number of ether oxygens (including phenoxy) is 1. The summed E-state index contributed by atoms with van der Waals surface area (Å²) in [4.78, 5) is 18.1. The summed E-state index contributed by atoms with van der Waals surface area (Å²) in [6, 6.07) is 25.5. The third kappa shape index (κ3) is 3.62. The van der Waals surface area contributed by atoms with E-state index in [-0.39, 0.29) is 11.8 Å². The Morgan fingerprint density at radius 1 is 0.839 bits per heavy atom. The number of rotatable bonds is 2. The highest BCUT2D eigenvalue weighted by molar-refractivity contribution is 5.89. The summed E-state index contributed by atoms with van der Waals surface area (Å²) >= 11 is 0. The minimum Gasteiger partial charge on any atom is -0.457 e. The molecule has 0 atom stereocenters. The van der Waals surface area contributed by atoms with Crippen LogP contribution in [0.25, 0.3) is 0 Å². The average Bonchev–Trinajstić information content (AvgIpc) is 3.08. The van der Waals surface area contributed by atoms with E-state index in [9.17, 15) is 4.79 Å². The van der Waals surface area contributed by atoms with E-state index < -0.39 is 0 Å². The Morgan fingerprint density at radius 3 is 2.13 bits per heavy atom. The van der Waals surface area contributed by atoms with E-state index in [0.717, 1.165) is 54.4 Å². The summed E-state index contributed by atoms with van der Waals surface area (Å²) in [5.74, 6) is 1.30. The molecule has 5 heteroatoms.